The van der Waals surface area contributed by atoms with E-state index >= 15 is 0 Å². The van der Waals surface area contributed by atoms with Gasteiger partial charge in [-0.25, -0.2) is 9.78 Å². The summed E-state index contributed by atoms with van der Waals surface area (Å²) >= 11 is 0. The Balaban J connectivity index is 1.49. The summed E-state index contributed by atoms with van der Waals surface area (Å²) in [6, 6.07) is 1.89. The minimum atomic E-state index is -4.41. The number of carbonyl (C=O) groups excluding carboxylic acids is 2. The Morgan fingerprint density at radius 2 is 1.81 bits per heavy atom. The average Bonchev–Trinajstić information content (AvgIpc) is 3.14. The van der Waals surface area contributed by atoms with Crippen molar-refractivity contribution in [2.24, 2.45) is 5.92 Å². The second-order valence-electron chi connectivity index (χ2n) is 9.07. The molecule has 0 bridgehead atoms. The molecule has 1 aromatic heterocycles. The van der Waals surface area contributed by atoms with Crippen molar-refractivity contribution in [3.8, 4) is 0 Å². The van der Waals surface area contributed by atoms with Crippen LogP contribution in [0.4, 0.5) is 23.8 Å². The SMILES string of the molecule is CC(C)(C)OC(=O)NC1CC[C@H](C(=O)N2CCN(c3cc(C(F)(F)F)ccn3)CC2)C1. The van der Waals surface area contributed by atoms with E-state index < -0.39 is 23.4 Å². The topological polar surface area (TPSA) is 74.8 Å². The van der Waals surface area contributed by atoms with Crippen molar-refractivity contribution < 1.29 is 27.5 Å². The predicted molar refractivity (Wildman–Crippen MR) is 109 cm³/mol. The van der Waals surface area contributed by atoms with Crippen LogP contribution in [0.5, 0.6) is 0 Å². The summed E-state index contributed by atoms with van der Waals surface area (Å²) in [7, 11) is 0. The van der Waals surface area contributed by atoms with Crippen molar-refractivity contribution in [2.75, 3.05) is 31.1 Å². The lowest BCUT2D eigenvalue weighted by Crippen LogP contribution is -2.50. The fourth-order valence-corrected chi connectivity index (χ4v) is 3.99. The van der Waals surface area contributed by atoms with E-state index in [0.717, 1.165) is 18.3 Å². The molecule has 0 aromatic carbocycles. The molecule has 1 saturated carbocycles. The summed E-state index contributed by atoms with van der Waals surface area (Å²) in [5.74, 6) is 0.132. The quantitative estimate of drug-likeness (QED) is 0.776. The molecule has 0 radical (unpaired) electrons. The molecule has 3 rings (SSSR count). The van der Waals surface area contributed by atoms with Crippen LogP contribution in [0, 0.1) is 5.92 Å². The summed E-state index contributed by atoms with van der Waals surface area (Å²) in [5.41, 5.74) is -1.31. The van der Waals surface area contributed by atoms with Crippen LogP contribution in [0.25, 0.3) is 0 Å². The summed E-state index contributed by atoms with van der Waals surface area (Å²) in [4.78, 5) is 32.4. The molecule has 10 heteroatoms. The Hall–Kier alpha value is -2.52. The van der Waals surface area contributed by atoms with E-state index in [1.165, 1.54) is 0 Å². The molecule has 2 atom stereocenters. The molecule has 2 fully saturated rings. The maximum Gasteiger partial charge on any atom is 0.416 e. The second-order valence-corrected chi connectivity index (χ2v) is 9.07. The number of alkyl halides is 3. The molecule has 1 unspecified atom stereocenters. The molecule has 31 heavy (non-hydrogen) atoms. The Morgan fingerprint density at radius 1 is 1.13 bits per heavy atom. The van der Waals surface area contributed by atoms with Gasteiger partial charge in [-0.05, 0) is 52.2 Å². The van der Waals surface area contributed by atoms with Gasteiger partial charge in [0, 0.05) is 44.3 Å². The number of carbonyl (C=O) groups is 2. The second kappa shape index (κ2) is 8.92. The van der Waals surface area contributed by atoms with Crippen LogP contribution in [0.3, 0.4) is 0 Å². The fourth-order valence-electron chi connectivity index (χ4n) is 3.99. The zero-order chi connectivity index (χ0) is 22.8. The van der Waals surface area contributed by atoms with E-state index in [-0.39, 0.29) is 23.7 Å². The number of halogens is 3. The van der Waals surface area contributed by atoms with E-state index in [9.17, 15) is 22.8 Å². The number of nitrogens with zero attached hydrogens (tertiary/aromatic N) is 3. The van der Waals surface area contributed by atoms with E-state index in [1.807, 2.05) is 0 Å². The zero-order valence-electron chi connectivity index (χ0n) is 18.0. The van der Waals surface area contributed by atoms with Gasteiger partial charge >= 0.3 is 12.3 Å². The summed E-state index contributed by atoms with van der Waals surface area (Å²) in [5, 5.41) is 2.83. The Kier molecular flexibility index (Phi) is 6.66. The first-order valence-corrected chi connectivity index (χ1v) is 10.5. The van der Waals surface area contributed by atoms with Crippen LogP contribution < -0.4 is 10.2 Å². The third-order valence-electron chi connectivity index (χ3n) is 5.49. The number of hydrogen-bond acceptors (Lipinski definition) is 5. The van der Waals surface area contributed by atoms with Gasteiger partial charge in [0.1, 0.15) is 11.4 Å². The Labute approximate surface area is 179 Å². The first-order valence-electron chi connectivity index (χ1n) is 10.5. The normalized spacial score (nSPS) is 22.4. The number of hydrogen-bond donors (Lipinski definition) is 1. The van der Waals surface area contributed by atoms with Gasteiger partial charge in [-0.15, -0.1) is 0 Å². The highest BCUT2D eigenvalue weighted by Crippen LogP contribution is 2.31. The molecular formula is C21H29F3N4O3. The van der Waals surface area contributed by atoms with E-state index in [4.69, 9.17) is 4.74 Å². The first kappa shape index (κ1) is 23.1. The fraction of sp³-hybridized carbons (Fsp3) is 0.667. The number of ether oxygens (including phenoxy) is 1. The lowest BCUT2D eigenvalue weighted by molar-refractivity contribution is -0.137. The van der Waals surface area contributed by atoms with Gasteiger partial charge in [-0.2, -0.15) is 13.2 Å². The van der Waals surface area contributed by atoms with E-state index in [1.54, 1.807) is 30.6 Å². The molecule has 1 aromatic rings. The van der Waals surface area contributed by atoms with Crippen molar-refractivity contribution >= 4 is 17.8 Å². The van der Waals surface area contributed by atoms with E-state index in [2.05, 4.69) is 10.3 Å². The molecule has 2 heterocycles. The number of pyridine rings is 1. The van der Waals surface area contributed by atoms with Crippen molar-refractivity contribution in [1.82, 2.24) is 15.2 Å². The van der Waals surface area contributed by atoms with Crippen LogP contribution in [0.15, 0.2) is 18.3 Å². The number of amides is 2. The number of rotatable bonds is 3. The molecule has 1 aliphatic heterocycles. The Morgan fingerprint density at radius 3 is 2.42 bits per heavy atom. The summed E-state index contributed by atoms with van der Waals surface area (Å²) in [6.07, 6.45) is -1.77. The van der Waals surface area contributed by atoms with Crippen LogP contribution in [-0.4, -0.2) is 59.7 Å². The van der Waals surface area contributed by atoms with Gasteiger partial charge in [-0.3, -0.25) is 4.79 Å². The number of nitrogens with one attached hydrogen (secondary N) is 1. The Bertz CT molecular complexity index is 802. The van der Waals surface area contributed by atoms with Gasteiger partial charge in [0.15, 0.2) is 0 Å². The van der Waals surface area contributed by atoms with Crippen molar-refractivity contribution in [3.63, 3.8) is 0 Å². The third-order valence-corrected chi connectivity index (χ3v) is 5.49. The van der Waals surface area contributed by atoms with Gasteiger partial charge in [0.2, 0.25) is 5.91 Å². The number of alkyl carbamates (subject to hydrolysis) is 1. The highest BCUT2D eigenvalue weighted by Gasteiger charge is 2.36. The van der Waals surface area contributed by atoms with Crippen LogP contribution in [0.2, 0.25) is 0 Å². The molecule has 1 saturated heterocycles. The molecule has 2 aliphatic rings. The van der Waals surface area contributed by atoms with Crippen LogP contribution in [-0.2, 0) is 15.7 Å². The minimum Gasteiger partial charge on any atom is -0.444 e. The molecule has 1 aliphatic carbocycles. The third kappa shape index (κ3) is 6.24. The van der Waals surface area contributed by atoms with E-state index in [0.29, 0.717) is 45.4 Å². The van der Waals surface area contributed by atoms with Gasteiger partial charge in [0.05, 0.1) is 5.56 Å². The molecule has 0 spiro atoms. The van der Waals surface area contributed by atoms with Crippen molar-refractivity contribution in [3.05, 3.63) is 23.9 Å². The highest BCUT2D eigenvalue weighted by atomic mass is 19.4. The van der Waals surface area contributed by atoms with Crippen LogP contribution >= 0.6 is 0 Å². The summed E-state index contributed by atoms with van der Waals surface area (Å²) in [6.45, 7) is 7.08. The molecular weight excluding hydrogens is 413 g/mol. The minimum absolute atomic E-state index is 0.0325. The molecule has 2 amide bonds. The van der Waals surface area contributed by atoms with Gasteiger partial charge in [0.25, 0.3) is 0 Å². The monoisotopic (exact) mass is 442 g/mol. The smallest absolute Gasteiger partial charge is 0.416 e. The maximum absolute atomic E-state index is 12.9. The molecule has 1 N–H and O–H groups in total. The van der Waals surface area contributed by atoms with Crippen molar-refractivity contribution in [1.29, 1.82) is 0 Å². The average molecular weight is 442 g/mol. The number of piperazine rings is 1. The highest BCUT2D eigenvalue weighted by molar-refractivity contribution is 5.79. The lowest BCUT2D eigenvalue weighted by atomic mass is 10.1. The van der Waals surface area contributed by atoms with Crippen molar-refractivity contribution in [2.45, 2.75) is 57.9 Å². The predicted octanol–water partition coefficient (Wildman–Crippen LogP) is 3.44. The number of aromatic nitrogens is 1. The number of anilines is 1. The molecule has 7 nitrogen and oxygen atoms in total. The van der Waals surface area contributed by atoms with Gasteiger partial charge in [-0.1, -0.05) is 0 Å². The largest absolute Gasteiger partial charge is 0.444 e. The molecule has 172 valence electrons. The first-order chi connectivity index (χ1) is 14.4. The maximum atomic E-state index is 12.9. The lowest BCUT2D eigenvalue weighted by Gasteiger charge is -2.36. The van der Waals surface area contributed by atoms with Gasteiger partial charge < -0.3 is 19.9 Å². The zero-order valence-corrected chi connectivity index (χ0v) is 18.0. The summed E-state index contributed by atoms with van der Waals surface area (Å²) < 4.78 is 44.1. The standard InChI is InChI=1S/C21H29F3N4O3/c1-20(2,3)31-19(30)26-16-5-4-14(12-16)18(29)28-10-8-27(9-11-28)17-13-15(6-7-25-17)21(22,23)24/h6-7,13-14,16H,4-5,8-12H2,1-3H3,(H,26,30)/t14-,16?/m0/s1. The van der Waals surface area contributed by atoms with Crippen LogP contribution in [0.1, 0.15) is 45.6 Å².